The minimum absolute atomic E-state index is 0.676. The molecule has 0 bridgehead atoms. The van der Waals surface area contributed by atoms with Gasteiger partial charge in [0.2, 0.25) is 0 Å². The Morgan fingerprint density at radius 2 is 1.54 bits per heavy atom. The van der Waals surface area contributed by atoms with Crippen molar-refractivity contribution in [1.29, 1.82) is 0 Å². The van der Waals surface area contributed by atoms with Gasteiger partial charge in [0.1, 0.15) is 11.5 Å². The van der Waals surface area contributed by atoms with Crippen molar-refractivity contribution in [2.24, 2.45) is 0 Å². The quantitative estimate of drug-likeness (QED) is 0.411. The minimum Gasteiger partial charge on any atom is -0.493 e. The number of hydrogen-bond acceptors (Lipinski definition) is 3. The summed E-state index contributed by atoms with van der Waals surface area (Å²) < 4.78 is 11.8. The highest BCUT2D eigenvalue weighted by Crippen LogP contribution is 2.25. The molecule has 28 heavy (non-hydrogen) atoms. The Balaban J connectivity index is 1.52. The topological polar surface area (TPSA) is 30.5 Å². The van der Waals surface area contributed by atoms with E-state index < -0.39 is 0 Å². The van der Waals surface area contributed by atoms with Gasteiger partial charge in [-0.25, -0.2) is 0 Å². The normalized spacial score (nSPS) is 10.5. The molecule has 0 spiro atoms. The predicted octanol–water partition coefficient (Wildman–Crippen LogP) is 6.10. The standard InChI is InChI=1S/C25H29NO2/c1-2-3-17-28-25-15-8-7-14-24(25)26-20-22-12-9-13-23(19-22)27-18-16-21-10-5-4-6-11-21/h4-15,19,26H,2-3,16-18,20H2,1H3. The summed E-state index contributed by atoms with van der Waals surface area (Å²) in [7, 11) is 0. The number of anilines is 1. The van der Waals surface area contributed by atoms with Crippen LogP contribution in [-0.4, -0.2) is 13.2 Å². The fourth-order valence-corrected chi connectivity index (χ4v) is 2.94. The lowest BCUT2D eigenvalue weighted by Gasteiger charge is -2.14. The van der Waals surface area contributed by atoms with Crippen LogP contribution in [0.2, 0.25) is 0 Å². The summed E-state index contributed by atoms with van der Waals surface area (Å²) in [5.41, 5.74) is 3.49. The third-order valence-electron chi connectivity index (χ3n) is 4.53. The predicted molar refractivity (Wildman–Crippen MR) is 116 cm³/mol. The molecule has 3 nitrogen and oxygen atoms in total. The van der Waals surface area contributed by atoms with Crippen molar-refractivity contribution in [2.45, 2.75) is 32.7 Å². The number of ether oxygens (including phenoxy) is 2. The zero-order valence-corrected chi connectivity index (χ0v) is 16.6. The summed E-state index contributed by atoms with van der Waals surface area (Å²) in [6.07, 6.45) is 3.11. The van der Waals surface area contributed by atoms with Crippen molar-refractivity contribution in [3.8, 4) is 11.5 Å². The van der Waals surface area contributed by atoms with Gasteiger partial charge in [-0.15, -0.1) is 0 Å². The molecule has 146 valence electrons. The molecule has 0 aliphatic rings. The van der Waals surface area contributed by atoms with Crippen LogP contribution in [-0.2, 0) is 13.0 Å². The fraction of sp³-hybridized carbons (Fsp3) is 0.280. The molecule has 0 amide bonds. The zero-order valence-electron chi connectivity index (χ0n) is 16.6. The van der Waals surface area contributed by atoms with Crippen LogP contribution >= 0.6 is 0 Å². The molecular weight excluding hydrogens is 346 g/mol. The molecule has 0 fully saturated rings. The van der Waals surface area contributed by atoms with Crippen molar-refractivity contribution < 1.29 is 9.47 Å². The summed E-state index contributed by atoms with van der Waals surface area (Å²) >= 11 is 0. The third-order valence-corrected chi connectivity index (χ3v) is 4.53. The van der Waals surface area contributed by atoms with Gasteiger partial charge in [0, 0.05) is 13.0 Å². The summed E-state index contributed by atoms with van der Waals surface area (Å²) in [5.74, 6) is 1.81. The van der Waals surface area contributed by atoms with Crippen LogP contribution < -0.4 is 14.8 Å². The molecule has 0 heterocycles. The van der Waals surface area contributed by atoms with Crippen LogP contribution in [0.4, 0.5) is 5.69 Å². The molecule has 0 radical (unpaired) electrons. The summed E-state index contributed by atoms with van der Waals surface area (Å²) in [6, 6.07) is 26.8. The molecule has 0 atom stereocenters. The largest absolute Gasteiger partial charge is 0.493 e. The van der Waals surface area contributed by atoms with E-state index in [0.29, 0.717) is 6.61 Å². The molecule has 3 heteroatoms. The molecule has 0 unspecified atom stereocenters. The molecule has 3 rings (SSSR count). The van der Waals surface area contributed by atoms with Gasteiger partial charge in [-0.1, -0.05) is 67.9 Å². The molecule has 3 aromatic rings. The van der Waals surface area contributed by atoms with Gasteiger partial charge in [0.05, 0.1) is 18.9 Å². The number of para-hydroxylation sites is 2. The van der Waals surface area contributed by atoms with E-state index in [1.807, 2.05) is 36.4 Å². The fourth-order valence-electron chi connectivity index (χ4n) is 2.94. The Labute approximate surface area is 168 Å². The van der Waals surface area contributed by atoms with Crippen LogP contribution in [0.25, 0.3) is 0 Å². The molecule has 1 N–H and O–H groups in total. The first-order chi connectivity index (χ1) is 13.8. The molecule has 0 aliphatic carbocycles. The molecule has 0 aromatic heterocycles. The van der Waals surface area contributed by atoms with E-state index in [-0.39, 0.29) is 0 Å². The average molecular weight is 376 g/mol. The number of nitrogens with one attached hydrogen (secondary N) is 1. The zero-order chi connectivity index (χ0) is 19.4. The molecule has 0 saturated heterocycles. The SMILES string of the molecule is CCCCOc1ccccc1NCc1cccc(OCCc2ccccc2)c1. The maximum absolute atomic E-state index is 5.94. The van der Waals surface area contributed by atoms with Crippen molar-refractivity contribution in [3.05, 3.63) is 90.0 Å². The van der Waals surface area contributed by atoms with Gasteiger partial charge in [-0.3, -0.25) is 0 Å². The van der Waals surface area contributed by atoms with Gasteiger partial charge < -0.3 is 14.8 Å². The van der Waals surface area contributed by atoms with Crippen molar-refractivity contribution in [2.75, 3.05) is 18.5 Å². The van der Waals surface area contributed by atoms with Crippen molar-refractivity contribution in [1.82, 2.24) is 0 Å². The number of unbranched alkanes of at least 4 members (excludes halogenated alkanes) is 1. The first-order valence-electron chi connectivity index (χ1n) is 10.1. The van der Waals surface area contributed by atoms with E-state index in [0.717, 1.165) is 49.6 Å². The van der Waals surface area contributed by atoms with Crippen LogP contribution in [0.1, 0.15) is 30.9 Å². The maximum Gasteiger partial charge on any atom is 0.142 e. The lowest BCUT2D eigenvalue weighted by Crippen LogP contribution is -2.05. The Morgan fingerprint density at radius 1 is 0.750 bits per heavy atom. The Hall–Kier alpha value is -2.94. The highest BCUT2D eigenvalue weighted by Gasteiger charge is 2.04. The Kier molecular flexibility index (Phi) is 7.80. The molecular formula is C25H29NO2. The summed E-state index contributed by atoms with van der Waals surface area (Å²) in [6.45, 7) is 4.32. The van der Waals surface area contributed by atoms with E-state index in [9.17, 15) is 0 Å². The van der Waals surface area contributed by atoms with Gasteiger partial charge in [-0.05, 0) is 41.8 Å². The number of benzene rings is 3. The monoisotopic (exact) mass is 375 g/mol. The van der Waals surface area contributed by atoms with Crippen molar-refractivity contribution in [3.63, 3.8) is 0 Å². The second-order valence-electron chi connectivity index (χ2n) is 6.78. The minimum atomic E-state index is 0.676. The van der Waals surface area contributed by atoms with Gasteiger partial charge in [0.15, 0.2) is 0 Å². The van der Waals surface area contributed by atoms with E-state index in [2.05, 4.69) is 54.7 Å². The van der Waals surface area contributed by atoms with Crippen molar-refractivity contribution >= 4 is 5.69 Å². The first kappa shape index (κ1) is 19.8. The maximum atomic E-state index is 5.94. The highest BCUT2D eigenvalue weighted by molar-refractivity contribution is 5.56. The smallest absolute Gasteiger partial charge is 0.142 e. The van der Waals surface area contributed by atoms with Gasteiger partial charge in [0.25, 0.3) is 0 Å². The summed E-state index contributed by atoms with van der Waals surface area (Å²) in [4.78, 5) is 0. The van der Waals surface area contributed by atoms with E-state index >= 15 is 0 Å². The van der Waals surface area contributed by atoms with Crippen LogP contribution in [0.5, 0.6) is 11.5 Å². The van der Waals surface area contributed by atoms with E-state index in [1.54, 1.807) is 0 Å². The molecule has 0 saturated carbocycles. The van der Waals surface area contributed by atoms with Crippen LogP contribution in [0.3, 0.4) is 0 Å². The van der Waals surface area contributed by atoms with Gasteiger partial charge >= 0.3 is 0 Å². The lowest BCUT2D eigenvalue weighted by molar-refractivity contribution is 0.310. The number of hydrogen-bond donors (Lipinski definition) is 1. The lowest BCUT2D eigenvalue weighted by atomic mass is 10.2. The second kappa shape index (κ2) is 11.0. The molecule has 0 aliphatic heterocycles. The van der Waals surface area contributed by atoms with Gasteiger partial charge in [-0.2, -0.15) is 0 Å². The third kappa shape index (κ3) is 6.34. The van der Waals surface area contributed by atoms with E-state index in [4.69, 9.17) is 9.47 Å². The highest BCUT2D eigenvalue weighted by atomic mass is 16.5. The first-order valence-corrected chi connectivity index (χ1v) is 10.1. The van der Waals surface area contributed by atoms with E-state index in [1.165, 1.54) is 11.1 Å². The van der Waals surface area contributed by atoms with Crippen LogP contribution in [0.15, 0.2) is 78.9 Å². The Bertz CT molecular complexity index is 833. The average Bonchev–Trinajstić information content (AvgIpc) is 2.74. The number of rotatable bonds is 11. The summed E-state index contributed by atoms with van der Waals surface area (Å²) in [5, 5.41) is 3.49. The second-order valence-corrected chi connectivity index (χ2v) is 6.78. The Morgan fingerprint density at radius 3 is 2.39 bits per heavy atom. The van der Waals surface area contributed by atoms with Crippen LogP contribution in [0, 0.1) is 0 Å². The molecule has 3 aromatic carbocycles.